The van der Waals surface area contributed by atoms with Gasteiger partial charge in [0, 0.05) is 10.2 Å². The first kappa shape index (κ1) is 19.3. The lowest BCUT2D eigenvalue weighted by atomic mass is 9.84. The highest BCUT2D eigenvalue weighted by Crippen LogP contribution is 2.41. The molecule has 0 heterocycles. The van der Waals surface area contributed by atoms with Gasteiger partial charge in [0.15, 0.2) is 0 Å². The van der Waals surface area contributed by atoms with Crippen molar-refractivity contribution in [1.29, 1.82) is 0 Å². The Morgan fingerprint density at radius 2 is 0.710 bits per heavy atom. The average molecular weight is 413 g/mol. The zero-order valence-electron chi connectivity index (χ0n) is 17.6. The van der Waals surface area contributed by atoms with Gasteiger partial charge in [-0.3, -0.25) is 0 Å². The molecular formula is C30H24Si. The van der Waals surface area contributed by atoms with Gasteiger partial charge in [0.05, 0.1) is 0 Å². The van der Waals surface area contributed by atoms with E-state index in [0.29, 0.717) is 0 Å². The second-order valence-corrected chi connectivity index (χ2v) is 8.81. The lowest BCUT2D eigenvalue weighted by Crippen LogP contribution is -2.13. The van der Waals surface area contributed by atoms with E-state index < -0.39 is 0 Å². The Balaban J connectivity index is 1.93. The highest BCUT2D eigenvalue weighted by Gasteiger charge is 2.19. The van der Waals surface area contributed by atoms with Gasteiger partial charge in [0.2, 0.25) is 0 Å². The van der Waals surface area contributed by atoms with Gasteiger partial charge in [-0.05, 0) is 50.6 Å². The van der Waals surface area contributed by atoms with Crippen molar-refractivity contribution in [2.24, 2.45) is 0 Å². The van der Waals surface area contributed by atoms with E-state index in [-0.39, 0.29) is 0 Å². The van der Waals surface area contributed by atoms with E-state index in [1.54, 1.807) is 0 Å². The summed E-state index contributed by atoms with van der Waals surface area (Å²) < 4.78 is 0. The topological polar surface area (TPSA) is 0 Å². The van der Waals surface area contributed by atoms with Crippen LogP contribution in [0.15, 0.2) is 127 Å². The maximum Gasteiger partial charge on any atom is 0.0401 e. The molecule has 0 aliphatic rings. The molecule has 0 spiro atoms. The van der Waals surface area contributed by atoms with Crippen LogP contribution in [0, 0.1) is 0 Å². The summed E-state index contributed by atoms with van der Waals surface area (Å²) in [6.45, 7) is 0. The summed E-state index contributed by atoms with van der Waals surface area (Å²) in [4.78, 5) is 0. The molecule has 0 saturated heterocycles. The molecule has 0 N–H and O–H groups in total. The average Bonchev–Trinajstić information content (AvgIpc) is 2.86. The van der Waals surface area contributed by atoms with Crippen LogP contribution >= 0.6 is 0 Å². The normalized spacial score (nSPS) is 10.8. The zero-order chi connectivity index (χ0) is 21.0. The standard InChI is InChI=1S/C30H24Si/c31-30-27(23-15-7-2-8-16-23)21-26(22-13-5-1-6-14-22)28(24-17-9-3-10-18-24)29(30)25-19-11-4-12-20-25/h1-21H,31H3. The Hall–Kier alpha value is -3.68. The van der Waals surface area contributed by atoms with Gasteiger partial charge in [0.25, 0.3) is 0 Å². The fourth-order valence-electron chi connectivity index (χ4n) is 4.41. The van der Waals surface area contributed by atoms with E-state index in [1.807, 2.05) is 0 Å². The molecule has 5 rings (SSSR count). The quantitative estimate of drug-likeness (QED) is 0.302. The Kier molecular flexibility index (Phi) is 5.34. The highest BCUT2D eigenvalue weighted by atomic mass is 28.1. The van der Waals surface area contributed by atoms with Crippen molar-refractivity contribution in [3.63, 3.8) is 0 Å². The predicted octanol–water partition coefficient (Wildman–Crippen LogP) is 6.35. The summed E-state index contributed by atoms with van der Waals surface area (Å²) >= 11 is 0. The van der Waals surface area contributed by atoms with Crippen molar-refractivity contribution in [2.45, 2.75) is 0 Å². The molecule has 0 bridgehead atoms. The molecule has 0 atom stereocenters. The molecule has 148 valence electrons. The van der Waals surface area contributed by atoms with Crippen molar-refractivity contribution < 1.29 is 0 Å². The van der Waals surface area contributed by atoms with Crippen LogP contribution in [0.2, 0.25) is 0 Å². The lowest BCUT2D eigenvalue weighted by molar-refractivity contribution is 1.56. The Labute approximate surface area is 187 Å². The van der Waals surface area contributed by atoms with E-state index in [0.717, 1.165) is 10.2 Å². The van der Waals surface area contributed by atoms with Gasteiger partial charge in [-0.1, -0.05) is 127 Å². The number of hydrogen-bond donors (Lipinski definition) is 0. The van der Waals surface area contributed by atoms with E-state index in [4.69, 9.17) is 0 Å². The molecule has 0 fully saturated rings. The van der Waals surface area contributed by atoms with Crippen LogP contribution in [-0.2, 0) is 0 Å². The van der Waals surface area contributed by atoms with Gasteiger partial charge in [-0.2, -0.15) is 0 Å². The molecule has 31 heavy (non-hydrogen) atoms. The van der Waals surface area contributed by atoms with Crippen molar-refractivity contribution >= 4 is 15.4 Å². The van der Waals surface area contributed by atoms with E-state index in [2.05, 4.69) is 127 Å². The molecule has 0 nitrogen and oxygen atoms in total. The van der Waals surface area contributed by atoms with Gasteiger partial charge >= 0.3 is 0 Å². The molecule has 0 saturated carbocycles. The predicted molar refractivity (Wildman–Crippen MR) is 138 cm³/mol. The van der Waals surface area contributed by atoms with Crippen LogP contribution in [0.3, 0.4) is 0 Å². The molecule has 0 aromatic heterocycles. The third-order valence-electron chi connectivity index (χ3n) is 5.88. The van der Waals surface area contributed by atoms with Gasteiger partial charge in [-0.25, -0.2) is 0 Å². The first-order chi connectivity index (χ1) is 15.3. The third kappa shape index (κ3) is 3.76. The molecule has 5 aromatic carbocycles. The molecular weight excluding hydrogens is 388 g/mol. The van der Waals surface area contributed by atoms with Crippen molar-refractivity contribution in [1.82, 2.24) is 0 Å². The van der Waals surface area contributed by atoms with Crippen molar-refractivity contribution in [2.75, 3.05) is 0 Å². The zero-order valence-corrected chi connectivity index (χ0v) is 19.6. The van der Waals surface area contributed by atoms with Gasteiger partial charge in [-0.15, -0.1) is 0 Å². The summed E-state index contributed by atoms with van der Waals surface area (Å²) in [5.41, 5.74) is 10.4. The monoisotopic (exact) mass is 412 g/mol. The minimum atomic E-state index is 0.957. The smallest absolute Gasteiger partial charge is 0.0401 e. The largest absolute Gasteiger partial charge is 0.0622 e. The van der Waals surface area contributed by atoms with Gasteiger partial charge < -0.3 is 0 Å². The SMILES string of the molecule is [SiH3]c1c(-c2ccccc2)cc(-c2ccccc2)c(-c2ccccc2)c1-c1ccccc1. The second kappa shape index (κ2) is 8.59. The molecule has 0 radical (unpaired) electrons. The minimum absolute atomic E-state index is 0.957. The fraction of sp³-hybridized carbons (Fsp3) is 0. The molecule has 1 heteroatoms. The molecule has 5 aromatic rings. The number of benzene rings is 5. The van der Waals surface area contributed by atoms with Crippen LogP contribution in [0.25, 0.3) is 44.5 Å². The maximum absolute atomic E-state index is 2.40. The summed E-state index contributed by atoms with van der Waals surface area (Å²) in [6, 6.07) is 45.7. The Bertz CT molecular complexity index is 1290. The summed E-state index contributed by atoms with van der Waals surface area (Å²) in [5.74, 6) is 0. The number of hydrogen-bond acceptors (Lipinski definition) is 0. The van der Waals surface area contributed by atoms with Crippen LogP contribution in [-0.4, -0.2) is 10.2 Å². The van der Waals surface area contributed by atoms with Crippen molar-refractivity contribution in [3.8, 4) is 44.5 Å². The van der Waals surface area contributed by atoms with E-state index >= 15 is 0 Å². The minimum Gasteiger partial charge on any atom is -0.0622 e. The van der Waals surface area contributed by atoms with Crippen molar-refractivity contribution in [3.05, 3.63) is 127 Å². The van der Waals surface area contributed by atoms with Crippen LogP contribution < -0.4 is 5.19 Å². The third-order valence-corrected chi connectivity index (χ3v) is 6.92. The first-order valence-corrected chi connectivity index (χ1v) is 11.7. The van der Waals surface area contributed by atoms with Crippen LogP contribution in [0.5, 0.6) is 0 Å². The number of rotatable bonds is 4. The summed E-state index contributed by atoms with van der Waals surface area (Å²) in [5, 5.41) is 1.44. The summed E-state index contributed by atoms with van der Waals surface area (Å²) in [7, 11) is 0.957. The molecule has 0 aliphatic heterocycles. The molecule has 0 amide bonds. The first-order valence-electron chi connectivity index (χ1n) is 10.7. The highest BCUT2D eigenvalue weighted by molar-refractivity contribution is 6.41. The Morgan fingerprint density at radius 1 is 0.355 bits per heavy atom. The van der Waals surface area contributed by atoms with Crippen LogP contribution in [0.1, 0.15) is 0 Å². The summed E-state index contributed by atoms with van der Waals surface area (Å²) in [6.07, 6.45) is 0. The molecule has 0 unspecified atom stereocenters. The maximum atomic E-state index is 2.40. The Morgan fingerprint density at radius 3 is 1.16 bits per heavy atom. The lowest BCUT2D eigenvalue weighted by Gasteiger charge is -2.22. The van der Waals surface area contributed by atoms with Crippen LogP contribution in [0.4, 0.5) is 0 Å². The second-order valence-electron chi connectivity index (χ2n) is 7.81. The van der Waals surface area contributed by atoms with E-state index in [9.17, 15) is 0 Å². The fourth-order valence-corrected chi connectivity index (χ4v) is 5.39. The van der Waals surface area contributed by atoms with E-state index in [1.165, 1.54) is 49.7 Å². The van der Waals surface area contributed by atoms with Gasteiger partial charge in [0.1, 0.15) is 0 Å². The molecule has 0 aliphatic carbocycles.